The third-order valence-electron chi connectivity index (χ3n) is 3.38. The number of nitrogen functional groups attached to an aromatic ring is 1. The zero-order valence-corrected chi connectivity index (χ0v) is 10.7. The minimum Gasteiger partial charge on any atom is -0.398 e. The SMILES string of the molecule is Cc1cccc(S(=O)CC2(CC#N)CC2)c1N. The van der Waals surface area contributed by atoms with Gasteiger partial charge in [-0.25, -0.2) is 0 Å². The van der Waals surface area contributed by atoms with Crippen molar-refractivity contribution in [1.82, 2.24) is 0 Å². The Bertz CT molecular complexity index is 501. The minimum absolute atomic E-state index is 0.00417. The Hall–Kier alpha value is -1.34. The second kappa shape index (κ2) is 4.50. The molecule has 1 unspecified atom stereocenters. The van der Waals surface area contributed by atoms with E-state index in [-0.39, 0.29) is 5.41 Å². The summed E-state index contributed by atoms with van der Waals surface area (Å²) >= 11 is 0. The fraction of sp³-hybridized carbons (Fsp3) is 0.462. The molecule has 0 bridgehead atoms. The molecule has 0 aliphatic heterocycles. The number of benzene rings is 1. The minimum atomic E-state index is -1.09. The maximum atomic E-state index is 12.3. The summed E-state index contributed by atoms with van der Waals surface area (Å²) in [5, 5.41) is 8.75. The number of para-hydroxylation sites is 1. The molecule has 3 nitrogen and oxygen atoms in total. The molecule has 1 atom stereocenters. The van der Waals surface area contributed by atoms with Crippen molar-refractivity contribution in [2.75, 3.05) is 11.5 Å². The van der Waals surface area contributed by atoms with Crippen molar-refractivity contribution >= 4 is 16.5 Å². The fourth-order valence-corrected chi connectivity index (χ4v) is 3.66. The number of anilines is 1. The third kappa shape index (κ3) is 2.50. The molecule has 17 heavy (non-hydrogen) atoms. The van der Waals surface area contributed by atoms with Gasteiger partial charge in [0.25, 0.3) is 0 Å². The second-order valence-electron chi connectivity index (χ2n) is 4.81. The van der Waals surface area contributed by atoms with Crippen LogP contribution in [0.15, 0.2) is 23.1 Å². The molecule has 2 rings (SSSR count). The van der Waals surface area contributed by atoms with Crippen LogP contribution >= 0.6 is 0 Å². The molecule has 1 aromatic rings. The highest BCUT2D eigenvalue weighted by molar-refractivity contribution is 7.85. The first-order valence-corrected chi connectivity index (χ1v) is 7.00. The van der Waals surface area contributed by atoms with Crippen LogP contribution in [-0.2, 0) is 10.8 Å². The van der Waals surface area contributed by atoms with Gasteiger partial charge in [0, 0.05) is 12.2 Å². The topological polar surface area (TPSA) is 66.9 Å². The number of rotatable bonds is 4. The van der Waals surface area contributed by atoms with Crippen molar-refractivity contribution in [1.29, 1.82) is 5.26 Å². The van der Waals surface area contributed by atoms with Gasteiger partial charge in [-0.05, 0) is 36.8 Å². The number of hydrogen-bond donors (Lipinski definition) is 1. The van der Waals surface area contributed by atoms with Crippen molar-refractivity contribution < 1.29 is 4.21 Å². The molecule has 1 aromatic carbocycles. The van der Waals surface area contributed by atoms with Gasteiger partial charge in [-0.1, -0.05) is 12.1 Å². The molecule has 2 N–H and O–H groups in total. The summed E-state index contributed by atoms with van der Waals surface area (Å²) in [5.74, 6) is 0.564. The van der Waals surface area contributed by atoms with E-state index in [4.69, 9.17) is 11.0 Å². The monoisotopic (exact) mass is 248 g/mol. The van der Waals surface area contributed by atoms with Crippen LogP contribution in [0.4, 0.5) is 5.69 Å². The first-order chi connectivity index (χ1) is 8.08. The van der Waals surface area contributed by atoms with Gasteiger partial charge < -0.3 is 5.73 Å². The van der Waals surface area contributed by atoms with Crippen LogP contribution in [0.3, 0.4) is 0 Å². The van der Waals surface area contributed by atoms with Gasteiger partial charge in [-0.3, -0.25) is 4.21 Å². The predicted molar refractivity (Wildman–Crippen MR) is 68.8 cm³/mol. The predicted octanol–water partition coefficient (Wildman–Crippen LogP) is 2.38. The Morgan fingerprint density at radius 1 is 1.53 bits per heavy atom. The molecule has 0 radical (unpaired) electrons. The van der Waals surface area contributed by atoms with Gasteiger partial charge >= 0.3 is 0 Å². The maximum Gasteiger partial charge on any atom is 0.0627 e. The van der Waals surface area contributed by atoms with E-state index in [2.05, 4.69) is 6.07 Å². The van der Waals surface area contributed by atoms with Gasteiger partial charge in [0.1, 0.15) is 0 Å². The van der Waals surface area contributed by atoms with Crippen LogP contribution < -0.4 is 5.73 Å². The molecule has 1 saturated carbocycles. The Kier molecular flexibility index (Phi) is 3.21. The third-order valence-corrected chi connectivity index (χ3v) is 5.10. The van der Waals surface area contributed by atoms with E-state index in [9.17, 15) is 4.21 Å². The van der Waals surface area contributed by atoms with E-state index in [1.54, 1.807) is 0 Å². The average Bonchev–Trinajstić information content (AvgIpc) is 3.02. The van der Waals surface area contributed by atoms with E-state index in [0.29, 0.717) is 22.8 Å². The first-order valence-electron chi connectivity index (χ1n) is 5.68. The molecule has 0 spiro atoms. The standard InChI is InChI=1S/C13H16N2OS/c1-10-3-2-4-11(12(10)15)17(16)9-13(5-6-13)7-8-14/h2-4H,5-7,9,15H2,1H3. The Labute approximate surface area is 104 Å². The van der Waals surface area contributed by atoms with Crippen LogP contribution in [0.25, 0.3) is 0 Å². The molecular weight excluding hydrogens is 232 g/mol. The summed E-state index contributed by atoms with van der Waals surface area (Å²) < 4.78 is 12.3. The highest BCUT2D eigenvalue weighted by Gasteiger charge is 2.44. The lowest BCUT2D eigenvalue weighted by molar-refractivity contribution is 0.587. The van der Waals surface area contributed by atoms with Crippen molar-refractivity contribution in [2.45, 2.75) is 31.1 Å². The zero-order chi connectivity index (χ0) is 12.5. The molecule has 4 heteroatoms. The number of nitrogens with two attached hydrogens (primary N) is 1. The second-order valence-corrected chi connectivity index (χ2v) is 6.23. The summed E-state index contributed by atoms with van der Waals surface area (Å²) in [4.78, 5) is 0.717. The summed E-state index contributed by atoms with van der Waals surface area (Å²) in [6.45, 7) is 1.91. The van der Waals surface area contributed by atoms with Gasteiger partial charge in [-0.15, -0.1) is 0 Å². The number of aryl methyl sites for hydroxylation is 1. The zero-order valence-electron chi connectivity index (χ0n) is 9.90. The Balaban J connectivity index is 2.16. The molecule has 1 aliphatic carbocycles. The van der Waals surface area contributed by atoms with E-state index in [1.165, 1.54) is 0 Å². The van der Waals surface area contributed by atoms with Crippen LogP contribution in [-0.4, -0.2) is 9.96 Å². The molecule has 0 heterocycles. The lowest BCUT2D eigenvalue weighted by Crippen LogP contribution is -2.13. The van der Waals surface area contributed by atoms with E-state index < -0.39 is 10.8 Å². The Morgan fingerprint density at radius 3 is 2.82 bits per heavy atom. The lowest BCUT2D eigenvalue weighted by atomic mass is 10.1. The van der Waals surface area contributed by atoms with Gasteiger partial charge in [0.2, 0.25) is 0 Å². The highest BCUT2D eigenvalue weighted by Crippen LogP contribution is 2.49. The van der Waals surface area contributed by atoms with E-state index in [0.717, 1.165) is 18.4 Å². The molecule has 90 valence electrons. The van der Waals surface area contributed by atoms with Crippen LogP contribution in [0.2, 0.25) is 0 Å². The van der Waals surface area contributed by atoms with Crippen LogP contribution in [0, 0.1) is 23.7 Å². The largest absolute Gasteiger partial charge is 0.398 e. The van der Waals surface area contributed by atoms with Crippen LogP contribution in [0.1, 0.15) is 24.8 Å². The molecule has 0 saturated heterocycles. The van der Waals surface area contributed by atoms with Gasteiger partial charge in [0.15, 0.2) is 0 Å². The van der Waals surface area contributed by atoms with E-state index in [1.807, 2.05) is 25.1 Å². The highest BCUT2D eigenvalue weighted by atomic mass is 32.2. The van der Waals surface area contributed by atoms with Crippen LogP contribution in [0.5, 0.6) is 0 Å². The van der Waals surface area contributed by atoms with Crippen molar-refractivity contribution in [2.24, 2.45) is 5.41 Å². The van der Waals surface area contributed by atoms with Crippen molar-refractivity contribution in [3.8, 4) is 6.07 Å². The first kappa shape index (κ1) is 12.1. The molecule has 0 amide bonds. The number of nitriles is 1. The molecule has 0 aromatic heterocycles. The van der Waals surface area contributed by atoms with Crippen molar-refractivity contribution in [3.63, 3.8) is 0 Å². The molecular formula is C13H16N2OS. The normalized spacial score (nSPS) is 18.4. The average molecular weight is 248 g/mol. The van der Waals surface area contributed by atoms with Gasteiger partial charge in [0.05, 0.1) is 27.5 Å². The smallest absolute Gasteiger partial charge is 0.0627 e. The van der Waals surface area contributed by atoms with Gasteiger partial charge in [-0.2, -0.15) is 5.26 Å². The summed E-state index contributed by atoms with van der Waals surface area (Å²) in [6.07, 6.45) is 2.53. The van der Waals surface area contributed by atoms with Crippen molar-refractivity contribution in [3.05, 3.63) is 23.8 Å². The lowest BCUT2D eigenvalue weighted by Gasteiger charge is -2.12. The van der Waals surface area contributed by atoms with E-state index >= 15 is 0 Å². The molecule has 1 fully saturated rings. The molecule has 1 aliphatic rings. The maximum absolute atomic E-state index is 12.3. The summed E-state index contributed by atoms with van der Waals surface area (Å²) in [5.41, 5.74) is 7.52. The summed E-state index contributed by atoms with van der Waals surface area (Å²) in [6, 6.07) is 7.80. The quantitative estimate of drug-likeness (QED) is 0.832. The number of nitrogens with zero attached hydrogens (tertiary/aromatic N) is 1. The Morgan fingerprint density at radius 2 is 2.24 bits per heavy atom. The number of hydrogen-bond acceptors (Lipinski definition) is 3. The fourth-order valence-electron chi connectivity index (χ4n) is 1.92. The summed E-state index contributed by atoms with van der Waals surface area (Å²) in [7, 11) is -1.09.